The van der Waals surface area contributed by atoms with E-state index in [2.05, 4.69) is 22.8 Å². The van der Waals surface area contributed by atoms with Crippen LogP contribution in [0.1, 0.15) is 11.1 Å². The Bertz CT molecular complexity index is 780. The maximum absolute atomic E-state index is 12.0. The molecule has 0 bridgehead atoms. The number of pyridine rings is 1. The van der Waals surface area contributed by atoms with Crippen molar-refractivity contribution in [1.29, 1.82) is 0 Å². The smallest absolute Gasteiger partial charge is 0.271 e. The molecule has 1 atom stereocenters. The lowest BCUT2D eigenvalue weighted by Gasteiger charge is -2.17. The number of aryl methyl sites for hydroxylation is 1. The highest BCUT2D eigenvalue weighted by atomic mass is 32.2. The van der Waals surface area contributed by atoms with Crippen LogP contribution in [0.3, 0.4) is 0 Å². The summed E-state index contributed by atoms with van der Waals surface area (Å²) in [4.78, 5) is 16.4. The summed E-state index contributed by atoms with van der Waals surface area (Å²) in [6, 6.07) is 5.60. The zero-order valence-corrected chi connectivity index (χ0v) is 13.9. The Morgan fingerprint density at radius 1 is 1.57 bits per heavy atom. The Kier molecular flexibility index (Phi) is 5.67. The summed E-state index contributed by atoms with van der Waals surface area (Å²) in [5, 5.41) is 3.62. The van der Waals surface area contributed by atoms with Crippen molar-refractivity contribution in [2.45, 2.75) is 12.4 Å². The maximum atomic E-state index is 12.0. The maximum Gasteiger partial charge on any atom is 0.271 e. The Hall–Kier alpha value is -2.45. The fourth-order valence-corrected chi connectivity index (χ4v) is 2.64. The van der Waals surface area contributed by atoms with Gasteiger partial charge in [-0.3, -0.25) is 9.78 Å². The summed E-state index contributed by atoms with van der Waals surface area (Å²) < 4.78 is 5.82. The highest BCUT2D eigenvalue weighted by Crippen LogP contribution is 2.26. The van der Waals surface area contributed by atoms with E-state index in [9.17, 15) is 4.79 Å². The molecule has 23 heavy (non-hydrogen) atoms. The number of amides is 1. The zero-order valence-electron chi connectivity index (χ0n) is 13.1. The number of hydrogen-bond acceptors (Lipinski definition) is 4. The first-order valence-electron chi connectivity index (χ1n) is 7.04. The minimum absolute atomic E-state index is 0.189. The topological polar surface area (TPSA) is 51.2 Å². The predicted molar refractivity (Wildman–Crippen MR) is 95.6 cm³/mol. The van der Waals surface area contributed by atoms with Crippen molar-refractivity contribution in [3.8, 4) is 18.1 Å². The lowest BCUT2D eigenvalue weighted by Crippen LogP contribution is -2.36. The number of nitrogens with one attached hydrogen (secondary N) is 1. The van der Waals surface area contributed by atoms with Crippen LogP contribution >= 0.6 is 11.8 Å². The molecule has 1 aromatic carbocycles. The predicted octanol–water partition coefficient (Wildman–Crippen LogP) is 2.89. The summed E-state index contributed by atoms with van der Waals surface area (Å²) >= 11 is 1.33. The average Bonchev–Trinajstić information content (AvgIpc) is 2.56. The summed E-state index contributed by atoms with van der Waals surface area (Å²) in [6.45, 7) is 5.93. The number of thioether (sulfide) groups is 1. The van der Waals surface area contributed by atoms with Crippen LogP contribution in [0.25, 0.3) is 10.9 Å². The minimum atomic E-state index is -0.629. The summed E-state index contributed by atoms with van der Waals surface area (Å²) in [5.74, 6) is 2.99. The van der Waals surface area contributed by atoms with Crippen molar-refractivity contribution < 1.29 is 9.53 Å². The van der Waals surface area contributed by atoms with Crippen molar-refractivity contribution in [2.75, 3.05) is 12.8 Å². The molecule has 0 spiro atoms. The number of benzene rings is 1. The molecule has 1 amide bonds. The van der Waals surface area contributed by atoms with Gasteiger partial charge in [-0.1, -0.05) is 12.0 Å². The van der Waals surface area contributed by atoms with Gasteiger partial charge in [-0.05, 0) is 36.9 Å². The van der Waals surface area contributed by atoms with Gasteiger partial charge in [-0.25, -0.2) is 0 Å². The summed E-state index contributed by atoms with van der Waals surface area (Å²) in [6.07, 6.45) is 10.5. The molecule has 4 nitrogen and oxygen atoms in total. The molecule has 0 aliphatic heterocycles. The van der Waals surface area contributed by atoms with Gasteiger partial charge in [-0.15, -0.1) is 24.8 Å². The van der Waals surface area contributed by atoms with Crippen LogP contribution in [-0.2, 0) is 4.79 Å². The first-order chi connectivity index (χ1) is 11.1. The second-order valence-electron chi connectivity index (χ2n) is 4.90. The van der Waals surface area contributed by atoms with E-state index in [-0.39, 0.29) is 5.91 Å². The van der Waals surface area contributed by atoms with E-state index < -0.39 is 5.44 Å². The van der Waals surface area contributed by atoms with E-state index in [0.717, 1.165) is 16.5 Å². The Labute approximate surface area is 140 Å². The minimum Gasteiger partial charge on any atom is -0.470 e. The van der Waals surface area contributed by atoms with Gasteiger partial charge < -0.3 is 10.1 Å². The van der Waals surface area contributed by atoms with Crippen molar-refractivity contribution in [3.63, 3.8) is 0 Å². The van der Waals surface area contributed by atoms with Crippen LogP contribution in [-0.4, -0.2) is 29.1 Å². The van der Waals surface area contributed by atoms with Gasteiger partial charge >= 0.3 is 0 Å². The number of fused-ring (bicyclic) bond motifs is 1. The van der Waals surface area contributed by atoms with Gasteiger partial charge in [0.05, 0.1) is 5.52 Å². The third-order valence-electron chi connectivity index (χ3n) is 3.21. The van der Waals surface area contributed by atoms with Crippen LogP contribution < -0.4 is 10.1 Å². The number of aromatic nitrogens is 1. The summed E-state index contributed by atoms with van der Waals surface area (Å²) in [7, 11) is 0. The zero-order chi connectivity index (χ0) is 16.8. The van der Waals surface area contributed by atoms with Crippen LogP contribution in [0.4, 0.5) is 0 Å². The Morgan fingerprint density at radius 3 is 3.00 bits per heavy atom. The van der Waals surface area contributed by atoms with Gasteiger partial charge in [0.25, 0.3) is 5.91 Å². The van der Waals surface area contributed by atoms with Gasteiger partial charge in [0, 0.05) is 23.7 Å². The molecule has 0 aliphatic rings. The molecule has 1 unspecified atom stereocenters. The Morgan fingerprint density at radius 2 is 2.35 bits per heavy atom. The molecule has 1 heterocycles. The normalized spacial score (nSPS) is 11.5. The molecule has 0 fully saturated rings. The molecule has 5 heteroatoms. The van der Waals surface area contributed by atoms with Crippen molar-refractivity contribution in [1.82, 2.24) is 10.3 Å². The highest BCUT2D eigenvalue weighted by molar-refractivity contribution is 7.99. The average molecular weight is 326 g/mol. The number of nitrogens with zero attached hydrogens (tertiary/aromatic N) is 1. The van der Waals surface area contributed by atoms with Gasteiger partial charge in [0.1, 0.15) is 5.75 Å². The van der Waals surface area contributed by atoms with Crippen molar-refractivity contribution >= 4 is 28.6 Å². The van der Waals surface area contributed by atoms with Crippen molar-refractivity contribution in [3.05, 3.63) is 48.2 Å². The van der Waals surface area contributed by atoms with Crippen LogP contribution in [0.15, 0.2) is 37.1 Å². The molecule has 0 saturated carbocycles. The first kappa shape index (κ1) is 16.9. The second-order valence-corrected chi connectivity index (χ2v) is 5.80. The van der Waals surface area contributed by atoms with E-state index in [4.69, 9.17) is 11.2 Å². The third-order valence-corrected chi connectivity index (χ3v) is 3.94. The third kappa shape index (κ3) is 4.05. The molecule has 0 aliphatic carbocycles. The largest absolute Gasteiger partial charge is 0.470 e. The Balaban J connectivity index is 2.30. The van der Waals surface area contributed by atoms with E-state index in [1.54, 1.807) is 12.3 Å². The van der Waals surface area contributed by atoms with Crippen LogP contribution in [0.5, 0.6) is 5.75 Å². The molecular formula is C18H18N2O2S. The van der Waals surface area contributed by atoms with Gasteiger partial charge in [-0.2, -0.15) is 0 Å². The number of terminal acetylenes is 1. The quantitative estimate of drug-likeness (QED) is 0.504. The fraction of sp³-hybridized carbons (Fsp3) is 0.222. The lowest BCUT2D eigenvalue weighted by molar-refractivity contribution is -0.124. The molecule has 1 aromatic heterocycles. The number of hydrogen-bond donors (Lipinski definition) is 1. The number of ether oxygens (including phenoxy) is 1. The molecule has 1 N–H and O–H groups in total. The van der Waals surface area contributed by atoms with E-state index in [1.807, 2.05) is 31.4 Å². The number of carbonyl (C=O) groups is 1. The molecule has 0 saturated heterocycles. The molecular weight excluding hydrogens is 308 g/mol. The SMILES string of the molecule is C#Cc1cnc2c(C)cc(OC(SC)C(=O)NCC=C)cc2c1. The van der Waals surface area contributed by atoms with E-state index in [1.165, 1.54) is 11.8 Å². The lowest BCUT2D eigenvalue weighted by atomic mass is 10.1. The molecule has 0 radical (unpaired) electrons. The fourth-order valence-electron chi connectivity index (χ4n) is 2.13. The van der Waals surface area contributed by atoms with Gasteiger partial charge in [0.2, 0.25) is 5.44 Å². The monoisotopic (exact) mass is 326 g/mol. The molecule has 2 aromatic rings. The van der Waals surface area contributed by atoms with Crippen LogP contribution in [0, 0.1) is 19.3 Å². The van der Waals surface area contributed by atoms with Gasteiger partial charge in [0.15, 0.2) is 0 Å². The molecule has 2 rings (SSSR count). The number of carbonyl (C=O) groups excluding carboxylic acids is 1. The number of rotatable bonds is 6. The standard InChI is InChI=1S/C18H18N2O2S/c1-5-7-19-17(21)18(23-4)22-15-8-12(3)16-14(10-15)9-13(6-2)11-20-16/h2,5,8-11,18H,1,7H2,3-4H3,(H,19,21). The molecule has 118 valence electrons. The first-order valence-corrected chi connectivity index (χ1v) is 8.33. The van der Waals surface area contributed by atoms with E-state index in [0.29, 0.717) is 17.9 Å². The summed E-state index contributed by atoms with van der Waals surface area (Å²) in [5.41, 5.74) is 1.91. The van der Waals surface area contributed by atoms with Crippen molar-refractivity contribution in [2.24, 2.45) is 0 Å². The highest BCUT2D eigenvalue weighted by Gasteiger charge is 2.19. The second kappa shape index (κ2) is 7.70. The van der Waals surface area contributed by atoms with Crippen LogP contribution in [0.2, 0.25) is 0 Å². The van der Waals surface area contributed by atoms with E-state index >= 15 is 0 Å².